The SMILES string of the molecule is Cc1ccc(S(=O)(=O)NCCc2csc3nc(-c4ccccc4F)nn23)s1. The molecule has 0 radical (unpaired) electrons. The Labute approximate surface area is 163 Å². The molecule has 0 saturated carbocycles. The minimum absolute atomic E-state index is 0.236. The number of sulfonamides is 1. The van der Waals surface area contributed by atoms with Crippen molar-refractivity contribution in [2.75, 3.05) is 6.54 Å². The number of nitrogens with zero attached hydrogens (tertiary/aromatic N) is 3. The molecule has 1 N–H and O–H groups in total. The third-order valence-corrected chi connectivity index (χ3v) is 7.74. The molecule has 3 heterocycles. The van der Waals surface area contributed by atoms with Gasteiger partial charge in [0.25, 0.3) is 0 Å². The number of aromatic nitrogens is 3. The van der Waals surface area contributed by atoms with Gasteiger partial charge in [0.05, 0.1) is 11.3 Å². The number of rotatable bonds is 6. The predicted octanol–water partition coefficient (Wildman–Crippen LogP) is 3.49. The van der Waals surface area contributed by atoms with Crippen molar-refractivity contribution in [1.29, 1.82) is 0 Å². The second-order valence-corrected chi connectivity index (χ2v) is 9.97. The first-order chi connectivity index (χ1) is 12.9. The van der Waals surface area contributed by atoms with Crippen molar-refractivity contribution >= 4 is 37.7 Å². The van der Waals surface area contributed by atoms with Crippen LogP contribution in [0.25, 0.3) is 16.3 Å². The van der Waals surface area contributed by atoms with Crippen LogP contribution in [0.4, 0.5) is 4.39 Å². The lowest BCUT2D eigenvalue weighted by Crippen LogP contribution is -2.25. The molecule has 0 aliphatic carbocycles. The van der Waals surface area contributed by atoms with E-state index in [9.17, 15) is 12.8 Å². The molecule has 6 nitrogen and oxygen atoms in total. The molecule has 10 heteroatoms. The number of nitrogens with one attached hydrogen (secondary N) is 1. The van der Waals surface area contributed by atoms with Gasteiger partial charge in [0.1, 0.15) is 10.0 Å². The summed E-state index contributed by atoms with van der Waals surface area (Å²) >= 11 is 2.62. The molecule has 1 aromatic carbocycles. The van der Waals surface area contributed by atoms with Gasteiger partial charge in [0.15, 0.2) is 5.82 Å². The highest BCUT2D eigenvalue weighted by Gasteiger charge is 2.17. The molecule has 0 saturated heterocycles. The maximum absolute atomic E-state index is 13.9. The standard InChI is InChI=1S/C17H15FN4O2S3/c1-11-6-7-15(26-11)27(23,24)19-9-8-12-10-25-17-20-16(21-22(12)17)13-4-2-3-5-14(13)18/h2-7,10,19H,8-9H2,1H3. The normalized spacial score (nSPS) is 12.1. The molecule has 140 valence electrons. The van der Waals surface area contributed by atoms with Gasteiger partial charge in [-0.2, -0.15) is 4.98 Å². The summed E-state index contributed by atoms with van der Waals surface area (Å²) < 4.78 is 43.1. The molecule has 27 heavy (non-hydrogen) atoms. The van der Waals surface area contributed by atoms with E-state index < -0.39 is 10.0 Å². The highest BCUT2D eigenvalue weighted by molar-refractivity contribution is 7.91. The average molecular weight is 423 g/mol. The van der Waals surface area contributed by atoms with E-state index in [-0.39, 0.29) is 12.4 Å². The number of benzene rings is 1. The molecule has 0 amide bonds. The molecule has 4 aromatic rings. The minimum atomic E-state index is -3.51. The van der Waals surface area contributed by atoms with Crippen LogP contribution in [0.5, 0.6) is 0 Å². The fraction of sp³-hybridized carbons (Fsp3) is 0.176. The van der Waals surface area contributed by atoms with Crippen LogP contribution in [-0.2, 0) is 16.4 Å². The fourth-order valence-corrected chi connectivity index (χ4v) is 5.81. The van der Waals surface area contributed by atoms with E-state index in [1.807, 2.05) is 12.3 Å². The maximum Gasteiger partial charge on any atom is 0.250 e. The Morgan fingerprint density at radius 1 is 1.22 bits per heavy atom. The zero-order chi connectivity index (χ0) is 19.0. The zero-order valence-corrected chi connectivity index (χ0v) is 16.7. The van der Waals surface area contributed by atoms with Gasteiger partial charge in [-0.3, -0.25) is 0 Å². The van der Waals surface area contributed by atoms with E-state index in [4.69, 9.17) is 0 Å². The number of thiophene rings is 1. The monoisotopic (exact) mass is 422 g/mol. The summed E-state index contributed by atoms with van der Waals surface area (Å²) in [6.07, 6.45) is 0.448. The second-order valence-electron chi connectivity index (χ2n) is 5.85. The lowest BCUT2D eigenvalue weighted by molar-refractivity contribution is 0.583. The lowest BCUT2D eigenvalue weighted by atomic mass is 10.2. The smallest absolute Gasteiger partial charge is 0.210 e. The summed E-state index contributed by atoms with van der Waals surface area (Å²) in [7, 11) is -3.51. The molecule has 0 spiro atoms. The minimum Gasteiger partial charge on any atom is -0.210 e. The van der Waals surface area contributed by atoms with E-state index in [2.05, 4.69) is 14.8 Å². The Morgan fingerprint density at radius 3 is 2.78 bits per heavy atom. The Bertz CT molecular complexity index is 1210. The number of halogens is 1. The molecule has 3 aromatic heterocycles. The largest absolute Gasteiger partial charge is 0.250 e. The Balaban J connectivity index is 1.51. The van der Waals surface area contributed by atoms with Crippen LogP contribution >= 0.6 is 22.7 Å². The first kappa shape index (κ1) is 18.2. The average Bonchev–Trinajstić information content (AvgIpc) is 3.32. The predicted molar refractivity (Wildman–Crippen MR) is 104 cm³/mol. The van der Waals surface area contributed by atoms with Crippen LogP contribution in [0.15, 0.2) is 46.0 Å². The highest BCUT2D eigenvalue weighted by atomic mass is 32.2. The van der Waals surface area contributed by atoms with Gasteiger partial charge < -0.3 is 0 Å². The van der Waals surface area contributed by atoms with Gasteiger partial charge >= 0.3 is 0 Å². The summed E-state index contributed by atoms with van der Waals surface area (Å²) in [5.74, 6) is -0.0628. The molecule has 0 fully saturated rings. The summed E-state index contributed by atoms with van der Waals surface area (Å²) in [6.45, 7) is 2.10. The van der Waals surface area contributed by atoms with Crippen molar-refractivity contribution in [3.63, 3.8) is 0 Å². The van der Waals surface area contributed by atoms with Crippen LogP contribution in [0.2, 0.25) is 0 Å². The number of thiazole rings is 1. The van der Waals surface area contributed by atoms with Crippen LogP contribution in [-0.4, -0.2) is 29.6 Å². The Morgan fingerprint density at radius 2 is 2.04 bits per heavy atom. The summed E-state index contributed by atoms with van der Waals surface area (Å²) in [4.78, 5) is 5.95. The summed E-state index contributed by atoms with van der Waals surface area (Å²) in [5.41, 5.74) is 1.16. The molecule has 0 aliphatic heterocycles. The van der Waals surface area contributed by atoms with Crippen LogP contribution in [0, 0.1) is 12.7 Å². The lowest BCUT2D eigenvalue weighted by Gasteiger charge is -2.04. The van der Waals surface area contributed by atoms with Crippen molar-refractivity contribution in [2.45, 2.75) is 17.6 Å². The fourth-order valence-electron chi connectivity index (χ4n) is 2.59. The molecule has 0 bridgehead atoms. The molecule has 0 unspecified atom stereocenters. The van der Waals surface area contributed by atoms with Gasteiger partial charge in [-0.25, -0.2) is 22.0 Å². The van der Waals surface area contributed by atoms with Crippen molar-refractivity contribution in [2.24, 2.45) is 0 Å². The van der Waals surface area contributed by atoms with Gasteiger partial charge in [-0.15, -0.1) is 27.8 Å². The van der Waals surface area contributed by atoms with Crippen LogP contribution < -0.4 is 4.72 Å². The van der Waals surface area contributed by atoms with Gasteiger partial charge in [0.2, 0.25) is 15.0 Å². The van der Waals surface area contributed by atoms with Crippen LogP contribution in [0.3, 0.4) is 0 Å². The molecule has 0 aliphatic rings. The molecule has 4 rings (SSSR count). The van der Waals surface area contributed by atoms with Crippen molar-refractivity contribution in [3.05, 3.63) is 58.2 Å². The van der Waals surface area contributed by atoms with Crippen molar-refractivity contribution in [1.82, 2.24) is 19.3 Å². The first-order valence-electron chi connectivity index (χ1n) is 8.08. The summed E-state index contributed by atoms with van der Waals surface area (Å²) in [6, 6.07) is 9.72. The van der Waals surface area contributed by atoms with Gasteiger partial charge in [-0.1, -0.05) is 12.1 Å². The van der Waals surface area contributed by atoms with Crippen LogP contribution in [0.1, 0.15) is 10.6 Å². The number of hydrogen-bond donors (Lipinski definition) is 1. The zero-order valence-electron chi connectivity index (χ0n) is 14.2. The maximum atomic E-state index is 13.9. The third kappa shape index (κ3) is 3.65. The summed E-state index contributed by atoms with van der Waals surface area (Å²) in [5, 5.41) is 6.26. The van der Waals surface area contributed by atoms with Crippen molar-refractivity contribution < 1.29 is 12.8 Å². The van der Waals surface area contributed by atoms with Gasteiger partial charge in [0, 0.05) is 23.2 Å². The van der Waals surface area contributed by atoms with E-state index >= 15 is 0 Å². The van der Waals surface area contributed by atoms with Crippen molar-refractivity contribution in [3.8, 4) is 11.4 Å². The van der Waals surface area contributed by atoms with E-state index in [0.717, 1.165) is 10.6 Å². The van der Waals surface area contributed by atoms with E-state index in [1.54, 1.807) is 34.8 Å². The Kier molecular flexibility index (Phi) is 4.81. The highest BCUT2D eigenvalue weighted by Crippen LogP contribution is 2.23. The topological polar surface area (TPSA) is 76.4 Å². The first-order valence-corrected chi connectivity index (χ1v) is 11.3. The molecular weight excluding hydrogens is 407 g/mol. The quantitative estimate of drug-likeness (QED) is 0.516. The second kappa shape index (κ2) is 7.12. The number of fused-ring (bicyclic) bond motifs is 1. The van der Waals surface area contributed by atoms with E-state index in [0.29, 0.717) is 27.0 Å². The Hall–Kier alpha value is -2.14. The van der Waals surface area contributed by atoms with Gasteiger partial charge in [-0.05, 0) is 31.2 Å². The molecular formula is C17H15FN4O2S3. The third-order valence-electron chi connectivity index (χ3n) is 3.92. The number of hydrogen-bond acceptors (Lipinski definition) is 6. The number of aryl methyl sites for hydroxylation is 1. The van der Waals surface area contributed by atoms with E-state index in [1.165, 1.54) is 28.7 Å². The molecule has 0 atom stereocenters.